The number of H-pyrrole nitrogens is 1. The second-order valence-corrected chi connectivity index (χ2v) is 4.87. The molecule has 0 amide bonds. The van der Waals surface area contributed by atoms with Gasteiger partial charge >= 0.3 is 0 Å². The van der Waals surface area contributed by atoms with Gasteiger partial charge in [0.2, 0.25) is 0 Å². The third kappa shape index (κ3) is 2.31. The molecule has 1 atom stereocenters. The van der Waals surface area contributed by atoms with Gasteiger partial charge in [-0.25, -0.2) is 0 Å². The number of nitrogens with zero attached hydrogens (tertiary/aromatic N) is 2. The highest BCUT2D eigenvalue weighted by Crippen LogP contribution is 2.24. The molecule has 0 bridgehead atoms. The highest BCUT2D eigenvalue weighted by Gasteiger charge is 2.17. The maximum Gasteiger partial charge on any atom is 0.195 e. The largest absolute Gasteiger partial charge is 0.301 e. The van der Waals surface area contributed by atoms with Gasteiger partial charge in [0.25, 0.3) is 0 Å². The van der Waals surface area contributed by atoms with Crippen LogP contribution in [0.3, 0.4) is 0 Å². The first kappa shape index (κ1) is 12.0. The molecule has 0 saturated carbocycles. The van der Waals surface area contributed by atoms with Gasteiger partial charge in [-0.2, -0.15) is 5.10 Å². The van der Waals surface area contributed by atoms with Gasteiger partial charge in [-0.3, -0.25) is 5.10 Å². The van der Waals surface area contributed by atoms with Crippen LogP contribution in [0.2, 0.25) is 0 Å². The number of hydrogen-bond donors (Lipinski definition) is 1. The van der Waals surface area contributed by atoms with Crippen molar-refractivity contribution in [3.63, 3.8) is 0 Å². The van der Waals surface area contributed by atoms with Crippen molar-refractivity contribution in [3.05, 3.63) is 46.5 Å². The smallest absolute Gasteiger partial charge is 0.195 e. The zero-order valence-electron chi connectivity index (χ0n) is 10.3. The highest BCUT2D eigenvalue weighted by atomic mass is 32.1. The molecule has 0 aliphatic carbocycles. The lowest BCUT2D eigenvalue weighted by atomic mass is 10.0. The Balaban J connectivity index is 2.45. The summed E-state index contributed by atoms with van der Waals surface area (Å²) >= 11 is 5.26. The van der Waals surface area contributed by atoms with Gasteiger partial charge < -0.3 is 4.57 Å². The van der Waals surface area contributed by atoms with Crippen LogP contribution in [0.25, 0.3) is 0 Å². The van der Waals surface area contributed by atoms with Crippen LogP contribution >= 0.6 is 12.2 Å². The summed E-state index contributed by atoms with van der Waals surface area (Å²) in [4.78, 5) is 0. The number of hydrogen-bond acceptors (Lipinski definition) is 2. The summed E-state index contributed by atoms with van der Waals surface area (Å²) in [6.07, 6.45) is 0. The molecule has 2 aromatic rings. The molecular weight excluding hydrogens is 230 g/mol. The number of aromatic nitrogens is 3. The molecule has 0 radical (unpaired) electrons. The topological polar surface area (TPSA) is 33.6 Å². The van der Waals surface area contributed by atoms with E-state index < -0.39 is 0 Å². The number of aromatic amines is 1. The van der Waals surface area contributed by atoms with Crippen molar-refractivity contribution in [2.24, 2.45) is 0 Å². The average molecular weight is 247 g/mol. The Kier molecular flexibility index (Phi) is 3.43. The second-order valence-electron chi connectivity index (χ2n) is 4.48. The molecule has 0 aliphatic heterocycles. The van der Waals surface area contributed by atoms with E-state index in [0.717, 1.165) is 5.82 Å². The van der Waals surface area contributed by atoms with E-state index >= 15 is 0 Å². The Hall–Kier alpha value is -1.42. The monoisotopic (exact) mass is 247 g/mol. The van der Waals surface area contributed by atoms with Gasteiger partial charge in [0, 0.05) is 12.0 Å². The summed E-state index contributed by atoms with van der Waals surface area (Å²) in [5.74, 6) is 1.24. The van der Waals surface area contributed by atoms with Gasteiger partial charge in [-0.1, -0.05) is 37.3 Å². The lowest BCUT2D eigenvalue weighted by Gasteiger charge is -2.15. The van der Waals surface area contributed by atoms with E-state index in [0.29, 0.717) is 10.8 Å². The number of rotatable bonds is 3. The number of nitrogens with one attached hydrogen (secondary N) is 1. The number of benzene rings is 1. The van der Waals surface area contributed by atoms with E-state index in [4.69, 9.17) is 12.2 Å². The van der Waals surface area contributed by atoms with E-state index in [2.05, 4.69) is 47.7 Å². The van der Waals surface area contributed by atoms with E-state index in [1.165, 1.54) is 5.56 Å². The second kappa shape index (κ2) is 4.84. The average Bonchev–Trinajstić information content (AvgIpc) is 2.71. The Morgan fingerprint density at radius 3 is 2.41 bits per heavy atom. The van der Waals surface area contributed by atoms with Gasteiger partial charge in [0.05, 0.1) is 0 Å². The first-order chi connectivity index (χ1) is 8.11. The Bertz CT molecular complexity index is 539. The Labute approximate surface area is 106 Å². The Morgan fingerprint density at radius 1 is 1.18 bits per heavy atom. The zero-order chi connectivity index (χ0) is 12.4. The van der Waals surface area contributed by atoms with E-state index in [1.807, 2.05) is 18.2 Å². The summed E-state index contributed by atoms with van der Waals surface area (Å²) in [6.45, 7) is 6.39. The normalized spacial score (nSPS) is 12.9. The molecular formula is C13H17N3S. The van der Waals surface area contributed by atoms with Crippen molar-refractivity contribution >= 4 is 12.2 Å². The predicted octanol–water partition coefficient (Wildman–Crippen LogP) is 3.67. The third-order valence-electron chi connectivity index (χ3n) is 2.93. The minimum absolute atomic E-state index is 0.242. The molecule has 90 valence electrons. The standard InChI is InChI=1S/C13H17N3S/c1-9(2)16-12(14-15-13(16)17)10(3)11-7-5-4-6-8-11/h4-10H,1-3H3,(H,15,17). The van der Waals surface area contributed by atoms with Crippen molar-refractivity contribution in [3.8, 4) is 0 Å². The molecule has 3 nitrogen and oxygen atoms in total. The molecule has 1 aromatic heterocycles. The maximum atomic E-state index is 5.26. The van der Waals surface area contributed by atoms with Gasteiger partial charge in [-0.05, 0) is 31.6 Å². The van der Waals surface area contributed by atoms with Gasteiger partial charge in [-0.15, -0.1) is 0 Å². The summed E-state index contributed by atoms with van der Waals surface area (Å²) in [5.41, 5.74) is 1.25. The van der Waals surface area contributed by atoms with Crippen LogP contribution in [0.4, 0.5) is 0 Å². The minimum Gasteiger partial charge on any atom is -0.301 e. The van der Waals surface area contributed by atoms with Gasteiger partial charge in [0.1, 0.15) is 5.82 Å². The molecule has 17 heavy (non-hydrogen) atoms. The fraction of sp³-hybridized carbons (Fsp3) is 0.385. The van der Waals surface area contributed by atoms with Crippen molar-refractivity contribution in [1.82, 2.24) is 14.8 Å². The summed E-state index contributed by atoms with van der Waals surface area (Å²) in [6, 6.07) is 10.7. The first-order valence-corrected chi connectivity index (χ1v) is 6.24. The SMILES string of the molecule is CC(c1ccccc1)c1n[nH]c(=S)n1C(C)C. The lowest BCUT2D eigenvalue weighted by Crippen LogP contribution is -2.10. The molecule has 1 unspecified atom stereocenters. The van der Waals surface area contributed by atoms with Crippen molar-refractivity contribution in [2.75, 3.05) is 0 Å². The predicted molar refractivity (Wildman–Crippen MR) is 71.8 cm³/mol. The van der Waals surface area contributed by atoms with Crippen LogP contribution in [0.15, 0.2) is 30.3 Å². The van der Waals surface area contributed by atoms with Crippen LogP contribution in [0.1, 0.15) is 44.1 Å². The van der Waals surface area contributed by atoms with Crippen LogP contribution in [0.5, 0.6) is 0 Å². The lowest BCUT2D eigenvalue weighted by molar-refractivity contribution is 0.551. The van der Waals surface area contributed by atoms with Gasteiger partial charge in [0.15, 0.2) is 4.77 Å². The fourth-order valence-electron chi connectivity index (χ4n) is 2.01. The molecule has 0 spiro atoms. The summed E-state index contributed by atoms with van der Waals surface area (Å²) < 4.78 is 2.77. The Morgan fingerprint density at radius 2 is 1.82 bits per heavy atom. The molecule has 0 aliphatic rings. The summed E-state index contributed by atoms with van der Waals surface area (Å²) in [7, 11) is 0. The molecule has 4 heteroatoms. The third-order valence-corrected chi connectivity index (χ3v) is 3.22. The fourth-order valence-corrected chi connectivity index (χ4v) is 2.36. The van der Waals surface area contributed by atoms with Crippen LogP contribution in [-0.2, 0) is 0 Å². The highest BCUT2D eigenvalue weighted by molar-refractivity contribution is 7.71. The molecule has 0 fully saturated rings. The van der Waals surface area contributed by atoms with E-state index in [1.54, 1.807) is 0 Å². The maximum absolute atomic E-state index is 5.26. The summed E-state index contributed by atoms with van der Waals surface area (Å²) in [5, 5.41) is 7.24. The quantitative estimate of drug-likeness (QED) is 0.839. The van der Waals surface area contributed by atoms with Crippen LogP contribution in [0, 0.1) is 4.77 Å². The van der Waals surface area contributed by atoms with E-state index in [9.17, 15) is 0 Å². The molecule has 1 aromatic carbocycles. The molecule has 2 rings (SSSR count). The molecule has 0 saturated heterocycles. The van der Waals surface area contributed by atoms with E-state index in [-0.39, 0.29) is 5.92 Å². The van der Waals surface area contributed by atoms with Crippen molar-refractivity contribution in [1.29, 1.82) is 0 Å². The molecule has 1 N–H and O–H groups in total. The first-order valence-electron chi connectivity index (χ1n) is 5.83. The zero-order valence-corrected chi connectivity index (χ0v) is 11.2. The van der Waals surface area contributed by atoms with Crippen LogP contribution < -0.4 is 0 Å². The minimum atomic E-state index is 0.242. The molecule has 1 heterocycles. The van der Waals surface area contributed by atoms with Crippen LogP contribution in [-0.4, -0.2) is 14.8 Å². The van der Waals surface area contributed by atoms with Crippen molar-refractivity contribution in [2.45, 2.75) is 32.7 Å². The van der Waals surface area contributed by atoms with Crippen molar-refractivity contribution < 1.29 is 0 Å².